The lowest BCUT2D eigenvalue weighted by molar-refractivity contribution is -0.145. The summed E-state index contributed by atoms with van der Waals surface area (Å²) in [6, 6.07) is 9.15. The molecule has 0 aromatic heterocycles. The molecule has 0 bridgehead atoms. The zero-order chi connectivity index (χ0) is 14.3. The van der Waals surface area contributed by atoms with Gasteiger partial charge >= 0.3 is 5.97 Å². The van der Waals surface area contributed by atoms with E-state index in [1.807, 2.05) is 44.2 Å². The molecule has 0 radical (unpaired) electrons. The Balaban J connectivity index is 2.42. The Morgan fingerprint density at radius 1 is 1.37 bits per heavy atom. The highest BCUT2D eigenvalue weighted by Crippen LogP contribution is 2.07. The number of nitrogens with one attached hydrogen (secondary N) is 1. The molecule has 0 aliphatic rings. The highest BCUT2D eigenvalue weighted by Gasteiger charge is 2.18. The molecule has 1 atom stereocenters. The van der Waals surface area contributed by atoms with E-state index >= 15 is 0 Å². The molecule has 0 fully saturated rings. The molecule has 0 heterocycles. The quantitative estimate of drug-likeness (QED) is 0.586. The van der Waals surface area contributed by atoms with Gasteiger partial charge < -0.3 is 15.2 Å². The molecule has 4 heteroatoms. The van der Waals surface area contributed by atoms with Crippen molar-refractivity contribution < 1.29 is 14.6 Å². The topological polar surface area (TPSA) is 58.6 Å². The van der Waals surface area contributed by atoms with Crippen LogP contribution in [-0.2, 0) is 16.1 Å². The second kappa shape index (κ2) is 7.59. The average Bonchev–Trinajstić information content (AvgIpc) is 2.36. The van der Waals surface area contributed by atoms with Crippen molar-refractivity contribution in [3.63, 3.8) is 0 Å². The monoisotopic (exact) mass is 263 g/mol. The van der Waals surface area contributed by atoms with Crippen molar-refractivity contribution in [1.29, 1.82) is 0 Å². The van der Waals surface area contributed by atoms with Crippen LogP contribution in [-0.4, -0.2) is 23.2 Å². The van der Waals surface area contributed by atoms with Gasteiger partial charge in [-0.2, -0.15) is 0 Å². The molecular weight excluding hydrogens is 242 g/mol. The van der Waals surface area contributed by atoms with Crippen molar-refractivity contribution in [2.45, 2.75) is 39.0 Å². The van der Waals surface area contributed by atoms with Gasteiger partial charge in [0.1, 0.15) is 12.4 Å². The highest BCUT2D eigenvalue weighted by molar-refractivity contribution is 5.70. The molecule has 4 nitrogen and oxygen atoms in total. The van der Waals surface area contributed by atoms with E-state index in [1.165, 1.54) is 0 Å². The minimum absolute atomic E-state index is 0.0506. The number of esters is 1. The number of aliphatic hydroxyl groups excluding tert-OH is 1. The van der Waals surface area contributed by atoms with Crippen LogP contribution in [0.2, 0.25) is 0 Å². The zero-order valence-corrected chi connectivity index (χ0v) is 11.4. The Bertz CT molecular complexity index is 415. The normalized spacial score (nSPS) is 12.2. The standard InChI is InChI=1S/C15H21NO3/c1-11(2)16-14(12(3)17)9-15(18)19-10-13-7-5-4-6-8-13/h4-8,11,14,16-17H,3,9-10H2,1-2H3. The molecule has 19 heavy (non-hydrogen) atoms. The van der Waals surface area contributed by atoms with Crippen molar-refractivity contribution in [3.05, 3.63) is 48.2 Å². The number of aliphatic hydroxyl groups is 1. The highest BCUT2D eigenvalue weighted by atomic mass is 16.5. The van der Waals surface area contributed by atoms with Gasteiger partial charge in [-0.05, 0) is 5.56 Å². The fourth-order valence-electron chi connectivity index (χ4n) is 1.64. The molecule has 1 rings (SSSR count). The van der Waals surface area contributed by atoms with Crippen molar-refractivity contribution in [2.24, 2.45) is 0 Å². The van der Waals surface area contributed by atoms with Crippen LogP contribution in [0.5, 0.6) is 0 Å². The van der Waals surface area contributed by atoms with Gasteiger partial charge in [-0.25, -0.2) is 0 Å². The van der Waals surface area contributed by atoms with E-state index in [9.17, 15) is 9.90 Å². The van der Waals surface area contributed by atoms with E-state index in [1.54, 1.807) is 0 Å². The van der Waals surface area contributed by atoms with Gasteiger partial charge in [0.25, 0.3) is 0 Å². The largest absolute Gasteiger partial charge is 0.511 e. The minimum Gasteiger partial charge on any atom is -0.511 e. The molecule has 0 spiro atoms. The summed E-state index contributed by atoms with van der Waals surface area (Å²) >= 11 is 0. The summed E-state index contributed by atoms with van der Waals surface area (Å²) in [7, 11) is 0. The maximum atomic E-state index is 11.7. The fourth-order valence-corrected chi connectivity index (χ4v) is 1.64. The number of hydrogen-bond donors (Lipinski definition) is 2. The van der Waals surface area contributed by atoms with E-state index in [-0.39, 0.29) is 30.8 Å². The lowest BCUT2D eigenvalue weighted by atomic mass is 10.1. The van der Waals surface area contributed by atoms with E-state index in [0.29, 0.717) is 0 Å². The van der Waals surface area contributed by atoms with Gasteiger partial charge in [0.2, 0.25) is 0 Å². The van der Waals surface area contributed by atoms with Gasteiger partial charge in [-0.3, -0.25) is 4.79 Å². The maximum Gasteiger partial charge on any atom is 0.308 e. The second-order valence-electron chi connectivity index (χ2n) is 4.72. The van der Waals surface area contributed by atoms with Crippen molar-refractivity contribution in [2.75, 3.05) is 0 Å². The zero-order valence-electron chi connectivity index (χ0n) is 11.4. The third-order valence-corrected chi connectivity index (χ3v) is 2.55. The molecule has 0 amide bonds. The molecule has 0 saturated heterocycles. The summed E-state index contributed by atoms with van der Waals surface area (Å²) in [5.41, 5.74) is 0.937. The Morgan fingerprint density at radius 2 is 2.00 bits per heavy atom. The van der Waals surface area contributed by atoms with Crippen LogP contribution in [0.15, 0.2) is 42.7 Å². The smallest absolute Gasteiger partial charge is 0.308 e. The SMILES string of the molecule is C=C(O)C(CC(=O)OCc1ccccc1)NC(C)C. The van der Waals surface area contributed by atoms with Crippen LogP contribution < -0.4 is 5.32 Å². The van der Waals surface area contributed by atoms with Crippen LogP contribution in [0.3, 0.4) is 0 Å². The first-order chi connectivity index (χ1) is 8.99. The molecule has 1 aromatic carbocycles. The van der Waals surface area contributed by atoms with Crippen LogP contribution in [0.1, 0.15) is 25.8 Å². The summed E-state index contributed by atoms with van der Waals surface area (Å²) in [5.74, 6) is -0.414. The lowest BCUT2D eigenvalue weighted by Gasteiger charge is -2.19. The summed E-state index contributed by atoms with van der Waals surface area (Å²) in [6.07, 6.45) is 0.0698. The van der Waals surface area contributed by atoms with Crippen LogP contribution in [0, 0.1) is 0 Å². The first-order valence-corrected chi connectivity index (χ1v) is 6.32. The van der Waals surface area contributed by atoms with Gasteiger partial charge in [-0.15, -0.1) is 0 Å². The van der Waals surface area contributed by atoms with Gasteiger partial charge in [0.15, 0.2) is 0 Å². The average molecular weight is 263 g/mol. The Morgan fingerprint density at radius 3 is 2.53 bits per heavy atom. The molecule has 1 unspecified atom stereocenters. The number of carbonyl (C=O) groups excluding carboxylic acids is 1. The van der Waals surface area contributed by atoms with Gasteiger partial charge in [-0.1, -0.05) is 50.8 Å². The third kappa shape index (κ3) is 6.06. The molecular formula is C15H21NO3. The van der Waals surface area contributed by atoms with Crippen LogP contribution >= 0.6 is 0 Å². The second-order valence-corrected chi connectivity index (χ2v) is 4.72. The Kier molecular flexibility index (Phi) is 6.09. The Labute approximate surface area is 114 Å². The van der Waals surface area contributed by atoms with E-state index < -0.39 is 6.04 Å². The molecule has 2 N–H and O–H groups in total. The number of rotatable bonds is 7. The summed E-state index contributed by atoms with van der Waals surface area (Å²) in [4.78, 5) is 11.7. The van der Waals surface area contributed by atoms with Crippen LogP contribution in [0.4, 0.5) is 0 Å². The van der Waals surface area contributed by atoms with E-state index in [0.717, 1.165) is 5.56 Å². The minimum atomic E-state index is -0.469. The summed E-state index contributed by atoms with van der Waals surface area (Å²) in [6.45, 7) is 7.58. The van der Waals surface area contributed by atoms with Crippen molar-refractivity contribution in [3.8, 4) is 0 Å². The predicted octanol–water partition coefficient (Wildman–Crippen LogP) is 2.56. The van der Waals surface area contributed by atoms with Gasteiger partial charge in [0, 0.05) is 6.04 Å². The van der Waals surface area contributed by atoms with Crippen LogP contribution in [0.25, 0.3) is 0 Å². The third-order valence-electron chi connectivity index (χ3n) is 2.55. The molecule has 0 aliphatic carbocycles. The maximum absolute atomic E-state index is 11.7. The molecule has 0 saturated carbocycles. The lowest BCUT2D eigenvalue weighted by Crippen LogP contribution is -2.38. The number of hydrogen-bond acceptors (Lipinski definition) is 4. The first-order valence-electron chi connectivity index (χ1n) is 6.32. The molecule has 1 aromatic rings. The van der Waals surface area contributed by atoms with Crippen molar-refractivity contribution in [1.82, 2.24) is 5.32 Å². The van der Waals surface area contributed by atoms with E-state index in [2.05, 4.69) is 11.9 Å². The van der Waals surface area contributed by atoms with Gasteiger partial charge in [0.05, 0.1) is 12.5 Å². The van der Waals surface area contributed by atoms with E-state index in [4.69, 9.17) is 4.74 Å². The summed E-state index contributed by atoms with van der Waals surface area (Å²) < 4.78 is 5.16. The number of carbonyl (C=O) groups is 1. The molecule has 104 valence electrons. The number of benzene rings is 1. The number of ether oxygens (including phenoxy) is 1. The summed E-state index contributed by atoms with van der Waals surface area (Å²) in [5, 5.41) is 12.5. The molecule has 0 aliphatic heterocycles. The fraction of sp³-hybridized carbons (Fsp3) is 0.400. The first kappa shape index (κ1) is 15.2. The van der Waals surface area contributed by atoms with Crippen molar-refractivity contribution >= 4 is 5.97 Å². The Hall–Kier alpha value is -1.81. The predicted molar refractivity (Wildman–Crippen MR) is 74.7 cm³/mol.